The Balaban J connectivity index is 1.90. The van der Waals surface area contributed by atoms with E-state index in [1.165, 1.54) is 6.20 Å². The molecule has 3 aromatic rings. The maximum Gasteiger partial charge on any atom is 0.347 e. The molecule has 2 atom stereocenters. The average molecular weight is 370 g/mol. The number of nitrogens with zero attached hydrogens (tertiary/aromatic N) is 1. The maximum absolute atomic E-state index is 11.6. The molecule has 0 radical (unpaired) electrons. The number of methoxy groups -OCH3 is 3. The van der Waals surface area contributed by atoms with Crippen LogP contribution >= 0.6 is 0 Å². The normalized spacial score (nSPS) is 17.9. The molecule has 2 unspecified atom stereocenters. The minimum Gasteiger partial charge on any atom is -0.493 e. The second-order valence-electron chi connectivity index (χ2n) is 5.96. The van der Waals surface area contributed by atoms with E-state index < -0.39 is 11.8 Å². The number of furan rings is 1. The molecule has 0 bridgehead atoms. The Morgan fingerprint density at radius 1 is 1.11 bits per heavy atom. The van der Waals surface area contributed by atoms with Crippen molar-refractivity contribution in [1.82, 2.24) is 9.97 Å². The number of benzene rings is 1. The van der Waals surface area contributed by atoms with Crippen molar-refractivity contribution in [3.05, 3.63) is 64.1 Å². The van der Waals surface area contributed by atoms with Crippen LogP contribution in [0.4, 0.5) is 0 Å². The average Bonchev–Trinajstić information content (AvgIpc) is 3.33. The molecule has 0 saturated heterocycles. The molecule has 8 heteroatoms. The number of fused-ring (bicyclic) bond motifs is 1. The lowest BCUT2D eigenvalue weighted by molar-refractivity contribution is 0.183. The van der Waals surface area contributed by atoms with Crippen LogP contribution in [0.5, 0.6) is 23.1 Å². The number of rotatable bonds is 5. The van der Waals surface area contributed by atoms with E-state index in [0.717, 1.165) is 11.1 Å². The molecule has 3 heterocycles. The number of nitrogens with one attached hydrogen (secondary N) is 1. The summed E-state index contributed by atoms with van der Waals surface area (Å²) in [6.45, 7) is 0. The van der Waals surface area contributed by atoms with Crippen molar-refractivity contribution in [1.29, 1.82) is 0 Å². The fourth-order valence-corrected chi connectivity index (χ4v) is 3.38. The van der Waals surface area contributed by atoms with Gasteiger partial charge in [0.25, 0.3) is 0 Å². The van der Waals surface area contributed by atoms with Gasteiger partial charge in [0.05, 0.1) is 33.5 Å². The second-order valence-corrected chi connectivity index (χ2v) is 5.96. The summed E-state index contributed by atoms with van der Waals surface area (Å²) >= 11 is 0. The Morgan fingerprint density at radius 2 is 1.85 bits per heavy atom. The molecule has 2 aromatic heterocycles. The predicted molar refractivity (Wildman–Crippen MR) is 94.9 cm³/mol. The SMILES string of the molecule is COc1cc(C2c3cnc(=O)[nH]c3OC2c2ccco2)cc(OC)c1OC. The van der Waals surface area contributed by atoms with Crippen molar-refractivity contribution in [2.45, 2.75) is 12.0 Å². The zero-order chi connectivity index (χ0) is 19.0. The summed E-state index contributed by atoms with van der Waals surface area (Å²) in [4.78, 5) is 18.1. The number of aromatic amines is 1. The monoisotopic (exact) mass is 370 g/mol. The number of aromatic nitrogens is 2. The molecule has 0 amide bonds. The van der Waals surface area contributed by atoms with Crippen LogP contribution in [-0.4, -0.2) is 31.3 Å². The smallest absolute Gasteiger partial charge is 0.347 e. The minimum atomic E-state index is -0.475. The van der Waals surface area contributed by atoms with Crippen molar-refractivity contribution in [2.75, 3.05) is 21.3 Å². The van der Waals surface area contributed by atoms with E-state index in [2.05, 4.69) is 9.97 Å². The highest BCUT2D eigenvalue weighted by molar-refractivity contribution is 5.57. The van der Waals surface area contributed by atoms with E-state index in [4.69, 9.17) is 23.4 Å². The summed E-state index contributed by atoms with van der Waals surface area (Å²) in [5.74, 6) is 2.26. The van der Waals surface area contributed by atoms with Gasteiger partial charge in [-0.25, -0.2) is 9.78 Å². The molecule has 140 valence electrons. The second kappa shape index (κ2) is 6.71. The molecule has 1 aliphatic rings. The Labute approximate surface area is 154 Å². The fourth-order valence-electron chi connectivity index (χ4n) is 3.38. The van der Waals surface area contributed by atoms with Crippen LogP contribution in [0.1, 0.15) is 28.9 Å². The van der Waals surface area contributed by atoms with Gasteiger partial charge in [0.1, 0.15) is 5.76 Å². The number of H-pyrrole nitrogens is 1. The van der Waals surface area contributed by atoms with Crippen molar-refractivity contribution in [3.63, 3.8) is 0 Å². The fraction of sp³-hybridized carbons (Fsp3) is 0.263. The van der Waals surface area contributed by atoms with Crippen molar-refractivity contribution in [3.8, 4) is 23.1 Å². The molecule has 1 aliphatic heterocycles. The van der Waals surface area contributed by atoms with Gasteiger partial charge >= 0.3 is 5.69 Å². The molecule has 27 heavy (non-hydrogen) atoms. The predicted octanol–water partition coefficient (Wildman–Crippen LogP) is 2.65. The molecule has 1 aromatic carbocycles. The summed E-state index contributed by atoms with van der Waals surface area (Å²) < 4.78 is 27.9. The van der Waals surface area contributed by atoms with Gasteiger partial charge in [-0.1, -0.05) is 0 Å². The van der Waals surface area contributed by atoms with Crippen LogP contribution in [0, 0.1) is 0 Å². The first-order chi connectivity index (χ1) is 13.2. The first-order valence-electron chi connectivity index (χ1n) is 8.25. The zero-order valence-corrected chi connectivity index (χ0v) is 15.0. The standard InChI is InChI=1S/C19H18N2O6/c1-23-13-7-10(8-14(24-2)16(13)25-3)15-11-9-20-19(22)21-18(11)27-17(15)12-5-4-6-26-12/h4-9,15,17H,1-3H3,(H,20,21,22). The molecule has 4 rings (SSSR count). The molecule has 1 N–H and O–H groups in total. The van der Waals surface area contributed by atoms with E-state index in [9.17, 15) is 4.79 Å². The van der Waals surface area contributed by atoms with Crippen molar-refractivity contribution in [2.24, 2.45) is 0 Å². The molecular formula is C19H18N2O6. The Hall–Kier alpha value is -3.42. The lowest BCUT2D eigenvalue weighted by Gasteiger charge is -2.20. The molecular weight excluding hydrogens is 352 g/mol. The van der Waals surface area contributed by atoms with Crippen LogP contribution < -0.4 is 24.6 Å². The highest BCUT2D eigenvalue weighted by atomic mass is 16.5. The van der Waals surface area contributed by atoms with Gasteiger partial charge in [0.2, 0.25) is 11.6 Å². The topological polar surface area (TPSA) is 95.8 Å². The summed E-state index contributed by atoms with van der Waals surface area (Å²) in [7, 11) is 4.67. The van der Waals surface area contributed by atoms with E-state index in [1.54, 1.807) is 33.7 Å². The van der Waals surface area contributed by atoms with E-state index >= 15 is 0 Å². The van der Waals surface area contributed by atoms with Gasteiger partial charge in [0.15, 0.2) is 17.6 Å². The third kappa shape index (κ3) is 2.79. The first-order valence-corrected chi connectivity index (χ1v) is 8.25. The molecule has 0 spiro atoms. The quantitative estimate of drug-likeness (QED) is 0.737. The van der Waals surface area contributed by atoms with Crippen molar-refractivity contribution < 1.29 is 23.4 Å². The molecule has 0 aliphatic carbocycles. The van der Waals surface area contributed by atoms with Gasteiger partial charge in [-0.2, -0.15) is 0 Å². The highest BCUT2D eigenvalue weighted by Gasteiger charge is 2.40. The maximum atomic E-state index is 11.6. The van der Waals surface area contributed by atoms with Crippen LogP contribution in [0.2, 0.25) is 0 Å². The third-order valence-corrected chi connectivity index (χ3v) is 4.56. The zero-order valence-electron chi connectivity index (χ0n) is 15.0. The van der Waals surface area contributed by atoms with E-state index in [0.29, 0.717) is 28.9 Å². The van der Waals surface area contributed by atoms with E-state index in [-0.39, 0.29) is 5.92 Å². The molecule has 0 saturated carbocycles. The molecule has 0 fully saturated rings. The van der Waals surface area contributed by atoms with E-state index in [1.807, 2.05) is 18.2 Å². The van der Waals surface area contributed by atoms with Crippen LogP contribution in [0.3, 0.4) is 0 Å². The lowest BCUT2D eigenvalue weighted by Crippen LogP contribution is -2.11. The van der Waals surface area contributed by atoms with Gasteiger partial charge in [-0.05, 0) is 29.8 Å². The minimum absolute atomic E-state index is 0.288. The largest absolute Gasteiger partial charge is 0.493 e. The summed E-state index contributed by atoms with van der Waals surface area (Å²) in [5, 5.41) is 0. The van der Waals surface area contributed by atoms with Gasteiger partial charge < -0.3 is 23.4 Å². The third-order valence-electron chi connectivity index (χ3n) is 4.56. The lowest BCUT2D eigenvalue weighted by atomic mass is 9.88. The van der Waals surface area contributed by atoms with Gasteiger partial charge in [0, 0.05) is 11.8 Å². The first kappa shape index (κ1) is 17.0. The van der Waals surface area contributed by atoms with Gasteiger partial charge in [-0.3, -0.25) is 4.98 Å². The highest BCUT2D eigenvalue weighted by Crippen LogP contribution is 2.50. The number of ether oxygens (including phenoxy) is 4. The van der Waals surface area contributed by atoms with Crippen LogP contribution in [0.15, 0.2) is 45.9 Å². The van der Waals surface area contributed by atoms with Crippen LogP contribution in [0.25, 0.3) is 0 Å². The summed E-state index contributed by atoms with van der Waals surface area (Å²) in [6.07, 6.45) is 2.62. The number of hydrogen-bond acceptors (Lipinski definition) is 7. The van der Waals surface area contributed by atoms with Crippen LogP contribution in [-0.2, 0) is 0 Å². The Bertz CT molecular complexity index is 986. The summed E-state index contributed by atoms with van der Waals surface area (Å²) in [6, 6.07) is 7.32. The Kier molecular flexibility index (Phi) is 4.23. The Morgan fingerprint density at radius 3 is 2.44 bits per heavy atom. The van der Waals surface area contributed by atoms with Gasteiger partial charge in [-0.15, -0.1) is 0 Å². The molecule has 8 nitrogen and oxygen atoms in total. The van der Waals surface area contributed by atoms with Crippen molar-refractivity contribution >= 4 is 0 Å². The number of hydrogen-bond donors (Lipinski definition) is 1. The summed E-state index contributed by atoms with van der Waals surface area (Å²) in [5.41, 5.74) is 1.11.